The van der Waals surface area contributed by atoms with E-state index in [1.165, 1.54) is 0 Å². The number of hydrogen-bond acceptors (Lipinski definition) is 1. The number of benzene rings is 1. The van der Waals surface area contributed by atoms with Gasteiger partial charge >= 0.3 is 0 Å². The second-order valence-corrected chi connectivity index (χ2v) is 4.36. The van der Waals surface area contributed by atoms with E-state index in [9.17, 15) is 4.79 Å². The smallest absolute Gasteiger partial charge is 0.158 e. The first-order chi connectivity index (χ1) is 6.59. The van der Waals surface area contributed by atoms with Gasteiger partial charge in [0.1, 0.15) is 0 Å². The molecule has 0 fully saturated rings. The molecule has 0 aliphatic heterocycles. The van der Waals surface area contributed by atoms with E-state index < -0.39 is 0 Å². The largest absolute Gasteiger partial charge is 0.295 e. The number of allylic oxidation sites excluding steroid dienone is 1. The molecule has 1 nitrogen and oxygen atoms in total. The highest BCUT2D eigenvalue weighted by Crippen LogP contribution is 2.11. The molecule has 0 aliphatic carbocycles. The molecule has 2 heteroatoms. The third-order valence-electron chi connectivity index (χ3n) is 1.88. The van der Waals surface area contributed by atoms with Crippen LogP contribution in [0.5, 0.6) is 0 Å². The van der Waals surface area contributed by atoms with Crippen LogP contribution in [0.4, 0.5) is 0 Å². The van der Waals surface area contributed by atoms with Gasteiger partial charge in [-0.2, -0.15) is 0 Å². The molecule has 0 spiro atoms. The highest BCUT2D eigenvalue weighted by atomic mass is 79.9. The van der Waals surface area contributed by atoms with E-state index >= 15 is 0 Å². The maximum Gasteiger partial charge on any atom is 0.158 e. The summed E-state index contributed by atoms with van der Waals surface area (Å²) in [6.07, 6.45) is 3.47. The van der Waals surface area contributed by atoms with E-state index in [0.717, 1.165) is 10.0 Å². The first-order valence-electron chi connectivity index (χ1n) is 4.57. The number of ketones is 1. The highest BCUT2D eigenvalue weighted by molar-refractivity contribution is 9.10. The van der Waals surface area contributed by atoms with Crippen molar-refractivity contribution in [2.75, 3.05) is 0 Å². The van der Waals surface area contributed by atoms with Crippen LogP contribution in [0.2, 0.25) is 0 Å². The lowest BCUT2D eigenvalue weighted by atomic mass is 10.1. The Bertz CT molecular complexity index is 336. The van der Waals surface area contributed by atoms with Crippen LogP contribution in [0.15, 0.2) is 34.8 Å². The number of halogens is 1. The van der Waals surface area contributed by atoms with Gasteiger partial charge in [0.25, 0.3) is 0 Å². The zero-order chi connectivity index (χ0) is 10.6. The normalized spacial score (nSPS) is 11.1. The second kappa shape index (κ2) is 5.11. The zero-order valence-corrected chi connectivity index (χ0v) is 9.91. The average molecular weight is 253 g/mol. The molecule has 1 aromatic rings. The minimum absolute atomic E-state index is 0.0710. The predicted molar refractivity (Wildman–Crippen MR) is 63.0 cm³/mol. The molecule has 0 aromatic heterocycles. The van der Waals surface area contributed by atoms with Gasteiger partial charge in [-0.05, 0) is 23.8 Å². The van der Waals surface area contributed by atoms with Gasteiger partial charge in [-0.1, -0.05) is 48.0 Å². The molecule has 0 bridgehead atoms. The molecular formula is C12H13BrO. The van der Waals surface area contributed by atoms with Crippen LogP contribution in [0.25, 0.3) is 6.08 Å². The van der Waals surface area contributed by atoms with Gasteiger partial charge in [0, 0.05) is 10.4 Å². The summed E-state index contributed by atoms with van der Waals surface area (Å²) in [5.74, 6) is 0.231. The van der Waals surface area contributed by atoms with Crippen LogP contribution >= 0.6 is 15.9 Å². The quantitative estimate of drug-likeness (QED) is 0.751. The lowest BCUT2D eigenvalue weighted by Crippen LogP contribution is -2.01. The van der Waals surface area contributed by atoms with Gasteiger partial charge in [-0.15, -0.1) is 0 Å². The summed E-state index contributed by atoms with van der Waals surface area (Å²) in [6, 6.07) is 7.85. The molecule has 0 N–H and O–H groups in total. The monoisotopic (exact) mass is 252 g/mol. The van der Waals surface area contributed by atoms with Crippen LogP contribution in [-0.2, 0) is 4.79 Å². The van der Waals surface area contributed by atoms with Crippen LogP contribution in [0, 0.1) is 5.92 Å². The summed E-state index contributed by atoms with van der Waals surface area (Å²) in [7, 11) is 0. The molecule has 0 amide bonds. The van der Waals surface area contributed by atoms with Gasteiger partial charge < -0.3 is 0 Å². The van der Waals surface area contributed by atoms with Crippen molar-refractivity contribution < 1.29 is 4.79 Å². The van der Waals surface area contributed by atoms with Crippen molar-refractivity contribution >= 4 is 27.8 Å². The lowest BCUT2D eigenvalue weighted by Gasteiger charge is -1.97. The molecule has 0 saturated heterocycles. The molecule has 1 rings (SSSR count). The fourth-order valence-corrected chi connectivity index (χ4v) is 1.21. The maximum atomic E-state index is 11.3. The van der Waals surface area contributed by atoms with Crippen molar-refractivity contribution in [2.45, 2.75) is 13.8 Å². The number of carbonyl (C=O) groups excluding carboxylic acids is 1. The maximum absolute atomic E-state index is 11.3. The minimum atomic E-state index is 0.0710. The van der Waals surface area contributed by atoms with Crippen LogP contribution in [0.1, 0.15) is 19.4 Å². The summed E-state index contributed by atoms with van der Waals surface area (Å²) in [5, 5.41) is 0. The number of rotatable bonds is 3. The van der Waals surface area contributed by atoms with E-state index in [1.807, 2.05) is 44.2 Å². The molecule has 0 radical (unpaired) electrons. The Morgan fingerprint density at radius 2 is 1.86 bits per heavy atom. The Balaban J connectivity index is 2.69. The summed E-state index contributed by atoms with van der Waals surface area (Å²) in [5.41, 5.74) is 1.04. The minimum Gasteiger partial charge on any atom is -0.295 e. The van der Waals surface area contributed by atoms with E-state index in [2.05, 4.69) is 15.9 Å². The van der Waals surface area contributed by atoms with Crippen LogP contribution in [-0.4, -0.2) is 5.78 Å². The Morgan fingerprint density at radius 1 is 1.29 bits per heavy atom. The topological polar surface area (TPSA) is 17.1 Å². The van der Waals surface area contributed by atoms with Gasteiger partial charge in [0.05, 0.1) is 0 Å². The SMILES string of the molecule is CC(C)C(=O)/C=C/c1ccc(Br)cc1. The fraction of sp³-hybridized carbons (Fsp3) is 0.250. The molecule has 0 heterocycles. The second-order valence-electron chi connectivity index (χ2n) is 3.44. The summed E-state index contributed by atoms with van der Waals surface area (Å²) >= 11 is 3.36. The zero-order valence-electron chi connectivity index (χ0n) is 8.33. The Kier molecular flexibility index (Phi) is 4.08. The van der Waals surface area contributed by atoms with Crippen molar-refractivity contribution in [3.63, 3.8) is 0 Å². The highest BCUT2D eigenvalue weighted by Gasteiger charge is 2.00. The lowest BCUT2D eigenvalue weighted by molar-refractivity contribution is -0.117. The van der Waals surface area contributed by atoms with Gasteiger partial charge in [0.2, 0.25) is 0 Å². The summed E-state index contributed by atoms with van der Waals surface area (Å²) < 4.78 is 1.05. The summed E-state index contributed by atoms with van der Waals surface area (Å²) in [4.78, 5) is 11.3. The molecule has 74 valence electrons. The van der Waals surface area contributed by atoms with Crippen molar-refractivity contribution in [1.82, 2.24) is 0 Å². The molecule has 0 unspecified atom stereocenters. The van der Waals surface area contributed by atoms with Gasteiger partial charge in [-0.25, -0.2) is 0 Å². The van der Waals surface area contributed by atoms with Crippen LogP contribution in [0.3, 0.4) is 0 Å². The van der Waals surface area contributed by atoms with Gasteiger partial charge in [0.15, 0.2) is 5.78 Å². The summed E-state index contributed by atoms with van der Waals surface area (Å²) in [6.45, 7) is 3.79. The van der Waals surface area contributed by atoms with E-state index in [1.54, 1.807) is 6.08 Å². The van der Waals surface area contributed by atoms with E-state index in [0.29, 0.717) is 0 Å². The molecule has 1 aromatic carbocycles. The van der Waals surface area contributed by atoms with Crippen LogP contribution < -0.4 is 0 Å². The molecule has 14 heavy (non-hydrogen) atoms. The molecule has 0 atom stereocenters. The third kappa shape index (κ3) is 3.46. The Labute approximate surface area is 93.0 Å². The molecule has 0 aliphatic rings. The number of hydrogen-bond donors (Lipinski definition) is 0. The van der Waals surface area contributed by atoms with Crippen molar-refractivity contribution in [3.8, 4) is 0 Å². The predicted octanol–water partition coefficient (Wildman–Crippen LogP) is 3.69. The van der Waals surface area contributed by atoms with E-state index in [-0.39, 0.29) is 11.7 Å². The average Bonchev–Trinajstić information content (AvgIpc) is 2.16. The fourth-order valence-electron chi connectivity index (χ4n) is 0.945. The Morgan fingerprint density at radius 3 is 2.36 bits per heavy atom. The molecule has 0 saturated carbocycles. The van der Waals surface area contributed by atoms with Crippen molar-refractivity contribution in [3.05, 3.63) is 40.4 Å². The van der Waals surface area contributed by atoms with E-state index in [4.69, 9.17) is 0 Å². The van der Waals surface area contributed by atoms with Gasteiger partial charge in [-0.3, -0.25) is 4.79 Å². The molecular weight excluding hydrogens is 240 g/mol. The Hall–Kier alpha value is -0.890. The third-order valence-corrected chi connectivity index (χ3v) is 2.41. The number of carbonyl (C=O) groups is 1. The first-order valence-corrected chi connectivity index (χ1v) is 5.36. The van der Waals surface area contributed by atoms with Crippen molar-refractivity contribution in [1.29, 1.82) is 0 Å². The van der Waals surface area contributed by atoms with Crippen molar-refractivity contribution in [2.24, 2.45) is 5.92 Å². The first kappa shape index (κ1) is 11.2. The standard InChI is InChI=1S/C12H13BrO/c1-9(2)12(14)8-5-10-3-6-11(13)7-4-10/h3-9H,1-2H3/b8-5+.